The molecule has 34 heavy (non-hydrogen) atoms. The van der Waals surface area contributed by atoms with Gasteiger partial charge in [0.1, 0.15) is 5.75 Å². The topological polar surface area (TPSA) is 42.3 Å². The molecular weight excluding hydrogens is 440 g/mol. The van der Waals surface area contributed by atoms with Gasteiger partial charge in [-0.2, -0.15) is 0 Å². The summed E-state index contributed by atoms with van der Waals surface area (Å²) in [5.74, 6) is 0.817. The smallest absolute Gasteiger partial charge is 0.174 e. The number of aryl methyl sites for hydroxylation is 2. The highest BCUT2D eigenvalue weighted by molar-refractivity contribution is 7.80. The van der Waals surface area contributed by atoms with Crippen LogP contribution in [0.1, 0.15) is 40.3 Å². The number of pyridine rings is 1. The lowest BCUT2D eigenvalue weighted by molar-refractivity contribution is 0.415. The van der Waals surface area contributed by atoms with E-state index in [0.29, 0.717) is 5.11 Å². The summed E-state index contributed by atoms with van der Waals surface area (Å²) in [4.78, 5) is 6.89. The molecule has 0 radical (unpaired) electrons. The van der Waals surface area contributed by atoms with Crippen LogP contribution in [-0.2, 0) is 0 Å². The van der Waals surface area contributed by atoms with Gasteiger partial charge in [-0.15, -0.1) is 0 Å². The fraction of sp³-hybridized carbons (Fsp3) is 0.214. The van der Waals surface area contributed by atoms with Gasteiger partial charge in [-0.1, -0.05) is 24.3 Å². The van der Waals surface area contributed by atoms with E-state index in [1.54, 1.807) is 7.11 Å². The van der Waals surface area contributed by atoms with Crippen molar-refractivity contribution in [2.24, 2.45) is 0 Å². The van der Waals surface area contributed by atoms with Gasteiger partial charge in [0, 0.05) is 29.0 Å². The molecule has 2 atom stereocenters. The predicted molar refractivity (Wildman–Crippen MR) is 141 cm³/mol. The Balaban J connectivity index is 1.68. The zero-order chi connectivity index (χ0) is 23.8. The van der Waals surface area contributed by atoms with Crippen molar-refractivity contribution in [3.63, 3.8) is 0 Å². The van der Waals surface area contributed by atoms with Crippen molar-refractivity contribution in [1.29, 1.82) is 0 Å². The summed E-state index contributed by atoms with van der Waals surface area (Å²) in [6.45, 7) is 6.51. The largest absolute Gasteiger partial charge is 0.497 e. The maximum Gasteiger partial charge on any atom is 0.174 e. The molecule has 0 saturated carbocycles. The second-order valence-corrected chi connectivity index (χ2v) is 9.03. The van der Waals surface area contributed by atoms with E-state index >= 15 is 0 Å². The first kappa shape index (κ1) is 22.2. The highest BCUT2D eigenvalue weighted by atomic mass is 32.1. The minimum atomic E-state index is -0.0818. The molecule has 4 aromatic rings. The van der Waals surface area contributed by atoms with Crippen molar-refractivity contribution in [1.82, 2.24) is 14.9 Å². The lowest BCUT2D eigenvalue weighted by Crippen LogP contribution is -2.29. The van der Waals surface area contributed by atoms with Crippen LogP contribution in [0.5, 0.6) is 5.75 Å². The molecule has 1 aliphatic rings. The number of ether oxygens (including phenoxy) is 1. The molecule has 6 heteroatoms. The Hall–Kier alpha value is -3.64. The highest BCUT2D eigenvalue weighted by Gasteiger charge is 2.42. The van der Waals surface area contributed by atoms with Crippen LogP contribution < -0.4 is 15.0 Å². The third-order valence-electron chi connectivity index (χ3n) is 6.59. The second kappa shape index (κ2) is 8.95. The van der Waals surface area contributed by atoms with Crippen molar-refractivity contribution in [3.05, 3.63) is 107 Å². The van der Waals surface area contributed by atoms with Crippen LogP contribution >= 0.6 is 12.2 Å². The average molecular weight is 469 g/mol. The molecular formula is C28H28N4OS. The SMILES string of the molecule is COc1ccc(N2C(=S)N[C@H](c3ccccn3)[C@H]2c2cc(C)n(-c3ccccc3C)c2C)cc1. The molecule has 2 aromatic carbocycles. The number of thiocarbonyl (C=S) groups is 1. The first-order valence-electron chi connectivity index (χ1n) is 11.4. The van der Waals surface area contributed by atoms with Gasteiger partial charge in [0.05, 0.1) is 24.9 Å². The number of nitrogens with one attached hydrogen (secondary N) is 1. The molecule has 0 spiro atoms. The number of para-hydroxylation sites is 1. The van der Waals surface area contributed by atoms with Gasteiger partial charge in [-0.25, -0.2) is 0 Å². The van der Waals surface area contributed by atoms with Gasteiger partial charge in [0.2, 0.25) is 0 Å². The van der Waals surface area contributed by atoms with Gasteiger partial charge in [-0.3, -0.25) is 4.98 Å². The van der Waals surface area contributed by atoms with Gasteiger partial charge in [-0.05, 0) is 92.6 Å². The van der Waals surface area contributed by atoms with Crippen LogP contribution in [-0.4, -0.2) is 21.8 Å². The summed E-state index contributed by atoms with van der Waals surface area (Å²) >= 11 is 5.88. The van der Waals surface area contributed by atoms with Crippen LogP contribution in [0, 0.1) is 20.8 Å². The molecule has 1 fully saturated rings. The van der Waals surface area contributed by atoms with Gasteiger partial charge in [0.25, 0.3) is 0 Å². The average Bonchev–Trinajstić information content (AvgIpc) is 3.35. The summed E-state index contributed by atoms with van der Waals surface area (Å²) in [6.07, 6.45) is 1.84. The van der Waals surface area contributed by atoms with Gasteiger partial charge >= 0.3 is 0 Å². The minimum Gasteiger partial charge on any atom is -0.497 e. The maximum atomic E-state index is 5.88. The number of rotatable bonds is 5. The van der Waals surface area contributed by atoms with Crippen LogP contribution in [0.3, 0.4) is 0 Å². The van der Waals surface area contributed by atoms with E-state index in [9.17, 15) is 0 Å². The number of hydrogen-bond donors (Lipinski definition) is 1. The summed E-state index contributed by atoms with van der Waals surface area (Å²) in [5.41, 5.74) is 8.03. The second-order valence-electron chi connectivity index (χ2n) is 8.64. The molecule has 172 valence electrons. The molecule has 1 N–H and O–H groups in total. The van der Waals surface area contributed by atoms with Crippen molar-refractivity contribution in [2.75, 3.05) is 12.0 Å². The summed E-state index contributed by atoms with van der Waals surface area (Å²) < 4.78 is 7.72. The first-order valence-corrected chi connectivity index (χ1v) is 11.8. The minimum absolute atomic E-state index is 0.0558. The fourth-order valence-electron chi connectivity index (χ4n) is 4.96. The van der Waals surface area contributed by atoms with Crippen molar-refractivity contribution in [3.8, 4) is 11.4 Å². The Morgan fingerprint density at radius 1 is 0.941 bits per heavy atom. The fourth-order valence-corrected chi connectivity index (χ4v) is 5.31. The van der Waals surface area contributed by atoms with Crippen LogP contribution in [0.25, 0.3) is 5.69 Å². The van der Waals surface area contributed by atoms with Crippen molar-refractivity contribution < 1.29 is 4.74 Å². The van der Waals surface area contributed by atoms with Gasteiger partial charge < -0.3 is 19.5 Å². The number of hydrogen-bond acceptors (Lipinski definition) is 3. The third-order valence-corrected chi connectivity index (χ3v) is 6.91. The Kier molecular flexibility index (Phi) is 5.84. The zero-order valence-electron chi connectivity index (χ0n) is 19.8. The molecule has 0 amide bonds. The van der Waals surface area contributed by atoms with E-state index < -0.39 is 0 Å². The molecule has 0 unspecified atom stereocenters. The number of anilines is 1. The summed E-state index contributed by atoms with van der Waals surface area (Å²) in [5, 5.41) is 4.24. The monoisotopic (exact) mass is 468 g/mol. The quantitative estimate of drug-likeness (QED) is 0.365. The molecule has 3 heterocycles. The van der Waals surface area contributed by atoms with Crippen molar-refractivity contribution >= 4 is 23.0 Å². The van der Waals surface area contributed by atoms with E-state index in [1.165, 1.54) is 28.2 Å². The Labute approximate surface area is 206 Å². The molecule has 1 aliphatic heterocycles. The molecule has 2 aromatic heterocycles. The number of aromatic nitrogens is 2. The molecule has 5 nitrogen and oxygen atoms in total. The Morgan fingerprint density at radius 2 is 1.68 bits per heavy atom. The molecule has 1 saturated heterocycles. The lowest BCUT2D eigenvalue weighted by Gasteiger charge is -2.28. The van der Waals surface area contributed by atoms with Gasteiger partial charge in [0.15, 0.2) is 5.11 Å². The van der Waals surface area contributed by atoms with Crippen molar-refractivity contribution in [2.45, 2.75) is 32.9 Å². The van der Waals surface area contributed by atoms with Crippen LogP contribution in [0.15, 0.2) is 79.0 Å². The predicted octanol–water partition coefficient (Wildman–Crippen LogP) is 5.98. The zero-order valence-corrected chi connectivity index (χ0v) is 20.6. The Bertz CT molecular complexity index is 1330. The van der Waals surface area contributed by atoms with E-state index in [4.69, 9.17) is 17.0 Å². The van der Waals surface area contributed by atoms with Crippen LogP contribution in [0.4, 0.5) is 5.69 Å². The first-order chi connectivity index (χ1) is 16.5. The highest BCUT2D eigenvalue weighted by Crippen LogP contribution is 2.44. The molecule has 0 aliphatic carbocycles. The van der Waals surface area contributed by atoms with E-state index in [2.05, 4.69) is 89.1 Å². The van der Waals surface area contributed by atoms with E-state index in [0.717, 1.165) is 17.1 Å². The van der Waals surface area contributed by atoms with E-state index in [1.807, 2.05) is 30.5 Å². The lowest BCUT2D eigenvalue weighted by atomic mass is 9.96. The maximum absolute atomic E-state index is 5.88. The third kappa shape index (κ3) is 3.74. The van der Waals surface area contributed by atoms with E-state index in [-0.39, 0.29) is 12.1 Å². The van der Waals surface area contributed by atoms with Crippen LogP contribution in [0.2, 0.25) is 0 Å². The molecule has 5 rings (SSSR count). The number of nitrogens with zero attached hydrogens (tertiary/aromatic N) is 3. The summed E-state index contributed by atoms with van der Waals surface area (Å²) in [7, 11) is 1.68. The summed E-state index contributed by atoms with van der Waals surface area (Å²) in [6, 6.07) is 24.7. The number of methoxy groups -OCH3 is 1. The Morgan fingerprint density at radius 3 is 2.35 bits per heavy atom. The normalized spacial score (nSPS) is 17.6. The number of benzene rings is 2. The standard InChI is InChI=1S/C28H28N4OS/c1-18-9-5-6-11-25(18)31-19(2)17-23(20(31)3)27-26(24-10-7-8-16-29-24)30-28(34)32(27)21-12-14-22(33-4)15-13-21/h5-17,26-27H,1-4H3,(H,30,34)/t26-,27-/m1/s1. The molecule has 0 bridgehead atoms.